The van der Waals surface area contributed by atoms with Crippen LogP contribution in [0.15, 0.2) is 18.2 Å². The van der Waals surface area contributed by atoms with Crippen LogP contribution in [0.3, 0.4) is 0 Å². The van der Waals surface area contributed by atoms with Gasteiger partial charge in [-0.2, -0.15) is 0 Å². The van der Waals surface area contributed by atoms with Crippen LogP contribution in [0, 0.1) is 3.57 Å². The lowest BCUT2D eigenvalue weighted by atomic mass is 10.0. The summed E-state index contributed by atoms with van der Waals surface area (Å²) in [5.41, 5.74) is 1.04. The maximum atomic E-state index is 6.22. The van der Waals surface area contributed by atoms with Gasteiger partial charge >= 0.3 is 0 Å². The highest BCUT2D eigenvalue weighted by Crippen LogP contribution is 2.27. The summed E-state index contributed by atoms with van der Waals surface area (Å²) in [6.45, 7) is 3.02. The van der Waals surface area contributed by atoms with Crippen molar-refractivity contribution < 1.29 is 4.74 Å². The maximum Gasteiger partial charge on any atom is 0.0648 e. The second kappa shape index (κ2) is 6.25. The summed E-state index contributed by atoms with van der Waals surface area (Å²) in [5, 5.41) is 4.33. The van der Waals surface area contributed by atoms with Crippen LogP contribution in [0.25, 0.3) is 0 Å². The standard InChI is InChI=1S/C13H17ClINO/c1-2-11-8-10(5-6-17-11)16-13-4-3-9(15)7-12(13)14/h3-4,7,10-11,16H,2,5-6,8H2,1H3. The van der Waals surface area contributed by atoms with Crippen LogP contribution in [0.5, 0.6) is 0 Å². The third-order valence-electron chi connectivity index (χ3n) is 3.11. The van der Waals surface area contributed by atoms with Gasteiger partial charge in [0.1, 0.15) is 0 Å². The fourth-order valence-electron chi connectivity index (χ4n) is 2.12. The molecule has 1 aliphatic rings. The van der Waals surface area contributed by atoms with Crippen molar-refractivity contribution in [3.05, 3.63) is 26.8 Å². The molecule has 0 aromatic heterocycles. The van der Waals surface area contributed by atoms with E-state index >= 15 is 0 Å². The van der Waals surface area contributed by atoms with Gasteiger partial charge in [-0.25, -0.2) is 0 Å². The van der Waals surface area contributed by atoms with Crippen molar-refractivity contribution in [1.29, 1.82) is 0 Å². The molecule has 1 fully saturated rings. The molecule has 94 valence electrons. The predicted molar refractivity (Wildman–Crippen MR) is 80.8 cm³/mol. The lowest BCUT2D eigenvalue weighted by Gasteiger charge is -2.30. The van der Waals surface area contributed by atoms with E-state index in [4.69, 9.17) is 16.3 Å². The van der Waals surface area contributed by atoms with E-state index < -0.39 is 0 Å². The molecule has 1 heterocycles. The monoisotopic (exact) mass is 365 g/mol. The Balaban J connectivity index is 2.00. The minimum Gasteiger partial charge on any atom is -0.381 e. The second-order valence-corrected chi connectivity index (χ2v) is 6.04. The first-order valence-electron chi connectivity index (χ1n) is 6.02. The summed E-state index contributed by atoms with van der Waals surface area (Å²) in [5.74, 6) is 0. The SMILES string of the molecule is CCC1CC(Nc2ccc(I)cc2Cl)CCO1. The molecule has 2 unspecified atom stereocenters. The molecule has 0 aliphatic carbocycles. The van der Waals surface area contributed by atoms with Gasteiger partial charge in [-0.15, -0.1) is 0 Å². The summed E-state index contributed by atoms with van der Waals surface area (Å²) in [6.07, 6.45) is 3.60. The van der Waals surface area contributed by atoms with Crippen molar-refractivity contribution in [2.75, 3.05) is 11.9 Å². The van der Waals surface area contributed by atoms with Crippen LogP contribution in [0.1, 0.15) is 26.2 Å². The molecule has 17 heavy (non-hydrogen) atoms. The lowest BCUT2D eigenvalue weighted by Crippen LogP contribution is -2.33. The lowest BCUT2D eigenvalue weighted by molar-refractivity contribution is 0.00926. The van der Waals surface area contributed by atoms with E-state index in [2.05, 4.69) is 47.0 Å². The quantitative estimate of drug-likeness (QED) is 0.806. The number of hydrogen-bond acceptors (Lipinski definition) is 2. The van der Waals surface area contributed by atoms with Crippen LogP contribution in [0.2, 0.25) is 5.02 Å². The number of anilines is 1. The Morgan fingerprint density at radius 2 is 2.35 bits per heavy atom. The summed E-state index contributed by atoms with van der Waals surface area (Å²) in [7, 11) is 0. The molecule has 2 nitrogen and oxygen atoms in total. The zero-order valence-electron chi connectivity index (χ0n) is 9.88. The minimum atomic E-state index is 0.392. The van der Waals surface area contributed by atoms with Crippen molar-refractivity contribution in [2.24, 2.45) is 0 Å². The topological polar surface area (TPSA) is 21.3 Å². The van der Waals surface area contributed by atoms with Gasteiger partial charge in [-0.3, -0.25) is 0 Å². The van der Waals surface area contributed by atoms with E-state index in [1.54, 1.807) is 0 Å². The van der Waals surface area contributed by atoms with Crippen molar-refractivity contribution in [2.45, 2.75) is 38.3 Å². The molecule has 0 bridgehead atoms. The molecule has 0 saturated carbocycles. The van der Waals surface area contributed by atoms with Gasteiger partial charge in [-0.05, 0) is 60.1 Å². The van der Waals surface area contributed by atoms with Crippen molar-refractivity contribution in [1.82, 2.24) is 0 Å². The molecule has 4 heteroatoms. The van der Waals surface area contributed by atoms with Crippen molar-refractivity contribution in [3.8, 4) is 0 Å². The minimum absolute atomic E-state index is 0.392. The highest BCUT2D eigenvalue weighted by molar-refractivity contribution is 14.1. The summed E-state index contributed by atoms with van der Waals surface area (Å²) < 4.78 is 6.83. The van der Waals surface area contributed by atoms with E-state index in [-0.39, 0.29) is 0 Å². The normalized spacial score (nSPS) is 24.6. The third-order valence-corrected chi connectivity index (χ3v) is 4.10. The van der Waals surface area contributed by atoms with E-state index in [9.17, 15) is 0 Å². The van der Waals surface area contributed by atoms with E-state index in [1.807, 2.05) is 6.07 Å². The molecular weight excluding hydrogens is 349 g/mol. The molecule has 2 rings (SSSR count). The molecule has 2 atom stereocenters. The van der Waals surface area contributed by atoms with Gasteiger partial charge in [0.05, 0.1) is 16.8 Å². The first-order chi connectivity index (χ1) is 8.19. The molecule has 1 N–H and O–H groups in total. The van der Waals surface area contributed by atoms with Crippen LogP contribution in [-0.2, 0) is 4.74 Å². The Morgan fingerprint density at radius 1 is 1.53 bits per heavy atom. The average Bonchev–Trinajstić information content (AvgIpc) is 2.33. The molecule has 1 saturated heterocycles. The number of halogens is 2. The van der Waals surface area contributed by atoms with Crippen LogP contribution in [-0.4, -0.2) is 18.8 Å². The molecule has 1 aliphatic heterocycles. The Morgan fingerprint density at radius 3 is 3.06 bits per heavy atom. The summed E-state index contributed by atoms with van der Waals surface area (Å²) in [4.78, 5) is 0. The Labute approximate surface area is 121 Å². The predicted octanol–water partition coefficient (Wildman–Crippen LogP) is 4.31. The van der Waals surface area contributed by atoms with Gasteiger partial charge in [-0.1, -0.05) is 18.5 Å². The van der Waals surface area contributed by atoms with Crippen molar-refractivity contribution >= 4 is 39.9 Å². The average molecular weight is 366 g/mol. The Kier molecular flexibility index (Phi) is 4.94. The highest BCUT2D eigenvalue weighted by atomic mass is 127. The van der Waals surface area contributed by atoms with E-state index in [0.717, 1.165) is 40.1 Å². The fraction of sp³-hybridized carbons (Fsp3) is 0.538. The Hall–Kier alpha value is -0.000000000000000132. The van der Waals surface area contributed by atoms with Gasteiger partial charge in [0, 0.05) is 16.2 Å². The molecule has 1 aromatic rings. The largest absolute Gasteiger partial charge is 0.381 e. The smallest absolute Gasteiger partial charge is 0.0648 e. The zero-order chi connectivity index (χ0) is 12.3. The van der Waals surface area contributed by atoms with Crippen LogP contribution in [0.4, 0.5) is 5.69 Å². The zero-order valence-corrected chi connectivity index (χ0v) is 12.8. The Bertz CT molecular complexity index is 386. The summed E-state index contributed by atoms with van der Waals surface area (Å²) >= 11 is 8.49. The van der Waals surface area contributed by atoms with Gasteiger partial charge < -0.3 is 10.1 Å². The molecule has 0 radical (unpaired) electrons. The van der Waals surface area contributed by atoms with E-state index in [0.29, 0.717) is 12.1 Å². The molecule has 0 spiro atoms. The van der Waals surface area contributed by atoms with Gasteiger partial charge in [0.2, 0.25) is 0 Å². The van der Waals surface area contributed by atoms with E-state index in [1.165, 1.54) is 0 Å². The maximum absolute atomic E-state index is 6.22. The van der Waals surface area contributed by atoms with Gasteiger partial charge in [0.25, 0.3) is 0 Å². The highest BCUT2D eigenvalue weighted by Gasteiger charge is 2.21. The third kappa shape index (κ3) is 3.73. The first-order valence-corrected chi connectivity index (χ1v) is 7.48. The number of rotatable bonds is 3. The number of ether oxygens (including phenoxy) is 1. The molecule has 0 amide bonds. The molecular formula is C13H17ClINO. The number of hydrogen-bond donors (Lipinski definition) is 1. The second-order valence-electron chi connectivity index (χ2n) is 4.39. The van der Waals surface area contributed by atoms with Crippen LogP contribution >= 0.6 is 34.2 Å². The van der Waals surface area contributed by atoms with Crippen LogP contribution < -0.4 is 5.32 Å². The first kappa shape index (κ1) is 13.4. The number of nitrogens with one attached hydrogen (secondary N) is 1. The molecule has 1 aromatic carbocycles. The van der Waals surface area contributed by atoms with Gasteiger partial charge in [0.15, 0.2) is 0 Å². The number of benzene rings is 1. The fourth-order valence-corrected chi connectivity index (χ4v) is 3.03. The summed E-state index contributed by atoms with van der Waals surface area (Å²) in [6, 6.07) is 6.60. The van der Waals surface area contributed by atoms with Crippen molar-refractivity contribution in [3.63, 3.8) is 0 Å².